The summed E-state index contributed by atoms with van der Waals surface area (Å²) in [6.45, 7) is -0.154. The fourth-order valence-electron chi connectivity index (χ4n) is 1.81. The van der Waals surface area contributed by atoms with Crippen LogP contribution in [-0.4, -0.2) is 23.1 Å². The Bertz CT molecular complexity index is 639. The molecular formula is C16H16N2O3. The summed E-state index contributed by atoms with van der Waals surface area (Å²) in [7, 11) is 1.53. The smallest absolute Gasteiger partial charge is 0.248 e. The van der Waals surface area contributed by atoms with Crippen molar-refractivity contribution in [3.63, 3.8) is 0 Å². The number of amides is 1. The van der Waals surface area contributed by atoms with Gasteiger partial charge in [0.2, 0.25) is 5.91 Å². The van der Waals surface area contributed by atoms with E-state index in [-0.39, 0.29) is 12.5 Å². The number of aliphatic hydroxyl groups excluding tert-OH is 1. The van der Waals surface area contributed by atoms with Crippen molar-refractivity contribution in [1.82, 2.24) is 4.98 Å². The quantitative estimate of drug-likeness (QED) is 0.826. The number of nitrogens with one attached hydrogen (secondary N) is 1. The van der Waals surface area contributed by atoms with Gasteiger partial charge in [0.1, 0.15) is 5.75 Å². The van der Waals surface area contributed by atoms with Crippen molar-refractivity contribution in [2.75, 3.05) is 12.4 Å². The molecule has 5 heteroatoms. The maximum Gasteiger partial charge on any atom is 0.248 e. The molecule has 0 radical (unpaired) electrons. The number of pyridine rings is 1. The minimum absolute atomic E-state index is 0.154. The largest absolute Gasteiger partial charge is 0.496 e. The normalized spacial score (nSPS) is 10.6. The maximum atomic E-state index is 11.8. The van der Waals surface area contributed by atoms with Crippen molar-refractivity contribution in [2.24, 2.45) is 0 Å². The minimum atomic E-state index is -0.257. The van der Waals surface area contributed by atoms with Crippen molar-refractivity contribution >= 4 is 17.7 Å². The second-order valence-corrected chi connectivity index (χ2v) is 4.29. The monoisotopic (exact) mass is 284 g/mol. The Kier molecular flexibility index (Phi) is 5.06. The highest BCUT2D eigenvalue weighted by atomic mass is 16.5. The Hall–Kier alpha value is -2.66. The molecule has 0 saturated heterocycles. The number of aliphatic hydroxyl groups is 1. The molecule has 0 aliphatic carbocycles. The van der Waals surface area contributed by atoms with Gasteiger partial charge >= 0.3 is 0 Å². The Morgan fingerprint density at radius 2 is 2.29 bits per heavy atom. The van der Waals surface area contributed by atoms with Gasteiger partial charge in [-0.05, 0) is 35.9 Å². The van der Waals surface area contributed by atoms with Gasteiger partial charge in [-0.25, -0.2) is 0 Å². The average Bonchev–Trinajstić information content (AvgIpc) is 2.53. The number of methoxy groups -OCH3 is 1. The van der Waals surface area contributed by atoms with Gasteiger partial charge in [0, 0.05) is 29.7 Å². The van der Waals surface area contributed by atoms with Crippen molar-refractivity contribution in [2.45, 2.75) is 6.61 Å². The zero-order valence-corrected chi connectivity index (χ0v) is 11.6. The molecule has 0 aliphatic heterocycles. The van der Waals surface area contributed by atoms with E-state index in [4.69, 9.17) is 4.74 Å². The zero-order chi connectivity index (χ0) is 15.1. The fourth-order valence-corrected chi connectivity index (χ4v) is 1.81. The molecule has 2 N–H and O–H groups in total. The molecule has 2 aromatic rings. The predicted molar refractivity (Wildman–Crippen MR) is 80.8 cm³/mol. The number of hydrogen-bond acceptors (Lipinski definition) is 4. The number of anilines is 1. The zero-order valence-electron chi connectivity index (χ0n) is 11.6. The summed E-state index contributed by atoms with van der Waals surface area (Å²) < 4.78 is 5.11. The molecule has 1 heterocycles. The molecule has 108 valence electrons. The third kappa shape index (κ3) is 4.15. The molecule has 5 nitrogen and oxygen atoms in total. The van der Waals surface area contributed by atoms with Crippen molar-refractivity contribution in [1.29, 1.82) is 0 Å². The molecule has 0 bridgehead atoms. The van der Waals surface area contributed by atoms with Crippen LogP contribution in [0.15, 0.2) is 48.8 Å². The van der Waals surface area contributed by atoms with Gasteiger partial charge in [0.05, 0.1) is 13.7 Å². The summed E-state index contributed by atoms with van der Waals surface area (Å²) in [6, 6.07) is 8.75. The van der Waals surface area contributed by atoms with Gasteiger partial charge in [-0.1, -0.05) is 6.07 Å². The summed E-state index contributed by atoms with van der Waals surface area (Å²) in [4.78, 5) is 15.8. The number of benzene rings is 1. The van der Waals surface area contributed by atoms with E-state index >= 15 is 0 Å². The Morgan fingerprint density at radius 3 is 2.95 bits per heavy atom. The molecule has 0 atom stereocenters. The summed E-state index contributed by atoms with van der Waals surface area (Å²) in [6.07, 6.45) is 6.45. The van der Waals surface area contributed by atoms with Gasteiger partial charge in [-0.3, -0.25) is 9.78 Å². The van der Waals surface area contributed by atoms with Crippen molar-refractivity contribution in [3.8, 4) is 5.75 Å². The lowest BCUT2D eigenvalue weighted by atomic mass is 10.2. The number of carbonyl (C=O) groups excluding carboxylic acids is 1. The lowest BCUT2D eigenvalue weighted by Gasteiger charge is -2.09. The standard InChI is InChI=1S/C16H16N2O3/c1-21-15-6-5-14(9-13(15)11-19)18-16(20)7-4-12-3-2-8-17-10-12/h2-10,19H,11H2,1H3,(H,18,20)/b7-4+. The van der Waals surface area contributed by atoms with Crippen molar-refractivity contribution in [3.05, 3.63) is 59.9 Å². The van der Waals surface area contributed by atoms with Crippen LogP contribution >= 0.6 is 0 Å². The number of ether oxygens (including phenoxy) is 1. The molecule has 1 aromatic heterocycles. The van der Waals surface area contributed by atoms with Crippen molar-refractivity contribution < 1.29 is 14.6 Å². The van der Waals surface area contributed by atoms with E-state index in [1.54, 1.807) is 42.7 Å². The molecule has 2 rings (SSSR count). The molecule has 1 aromatic carbocycles. The minimum Gasteiger partial charge on any atom is -0.496 e. The average molecular weight is 284 g/mol. The highest BCUT2D eigenvalue weighted by Gasteiger charge is 2.04. The third-order valence-electron chi connectivity index (χ3n) is 2.83. The summed E-state index contributed by atoms with van der Waals surface area (Å²) in [5, 5.41) is 12.0. The Morgan fingerprint density at radius 1 is 1.43 bits per heavy atom. The fraction of sp³-hybridized carbons (Fsp3) is 0.125. The van der Waals surface area contributed by atoms with Crippen LogP contribution in [0.4, 0.5) is 5.69 Å². The van der Waals surface area contributed by atoms with E-state index < -0.39 is 0 Å². The number of aromatic nitrogens is 1. The second kappa shape index (κ2) is 7.21. The molecule has 0 unspecified atom stereocenters. The van der Waals surface area contributed by atoms with Crippen LogP contribution in [0.2, 0.25) is 0 Å². The van der Waals surface area contributed by atoms with Crippen LogP contribution in [0.25, 0.3) is 6.08 Å². The molecule has 0 saturated carbocycles. The first-order valence-corrected chi connectivity index (χ1v) is 6.40. The number of carbonyl (C=O) groups is 1. The summed E-state index contributed by atoms with van der Waals surface area (Å²) in [5.74, 6) is 0.328. The third-order valence-corrected chi connectivity index (χ3v) is 2.83. The van der Waals surface area contributed by atoms with Gasteiger partial charge in [-0.15, -0.1) is 0 Å². The highest BCUT2D eigenvalue weighted by Crippen LogP contribution is 2.22. The van der Waals surface area contributed by atoms with Crippen LogP contribution < -0.4 is 10.1 Å². The van der Waals surface area contributed by atoms with Gasteiger partial charge in [0.15, 0.2) is 0 Å². The Labute approximate surface area is 122 Å². The number of nitrogens with zero attached hydrogens (tertiary/aromatic N) is 1. The van der Waals surface area contributed by atoms with E-state index in [9.17, 15) is 9.90 Å². The van der Waals surface area contributed by atoms with Crippen LogP contribution in [0.5, 0.6) is 5.75 Å². The van der Waals surface area contributed by atoms with Crippen LogP contribution in [0.3, 0.4) is 0 Å². The van der Waals surface area contributed by atoms with E-state index in [0.717, 1.165) is 5.56 Å². The van der Waals surface area contributed by atoms with Gasteiger partial charge in [0.25, 0.3) is 0 Å². The molecule has 0 spiro atoms. The van der Waals surface area contributed by atoms with Gasteiger partial charge < -0.3 is 15.2 Å². The number of rotatable bonds is 5. The molecule has 0 fully saturated rings. The highest BCUT2D eigenvalue weighted by molar-refractivity contribution is 6.01. The lowest BCUT2D eigenvalue weighted by molar-refractivity contribution is -0.111. The molecule has 1 amide bonds. The SMILES string of the molecule is COc1ccc(NC(=O)/C=C/c2cccnc2)cc1CO. The van der Waals surface area contributed by atoms with Crippen LogP contribution in [0, 0.1) is 0 Å². The first kappa shape index (κ1) is 14.7. The van der Waals surface area contributed by atoms with E-state index in [1.807, 2.05) is 6.07 Å². The first-order chi connectivity index (χ1) is 10.2. The van der Waals surface area contributed by atoms with E-state index in [0.29, 0.717) is 17.0 Å². The van der Waals surface area contributed by atoms with Crippen LogP contribution in [0.1, 0.15) is 11.1 Å². The lowest BCUT2D eigenvalue weighted by Crippen LogP contribution is -2.08. The van der Waals surface area contributed by atoms with Gasteiger partial charge in [-0.2, -0.15) is 0 Å². The molecule has 21 heavy (non-hydrogen) atoms. The molecular weight excluding hydrogens is 268 g/mol. The summed E-state index contributed by atoms with van der Waals surface area (Å²) in [5.41, 5.74) is 2.06. The topological polar surface area (TPSA) is 71.5 Å². The maximum absolute atomic E-state index is 11.8. The van der Waals surface area contributed by atoms with E-state index in [1.165, 1.54) is 13.2 Å². The van der Waals surface area contributed by atoms with E-state index in [2.05, 4.69) is 10.3 Å². The Balaban J connectivity index is 2.04. The predicted octanol–water partition coefficient (Wildman–Crippen LogP) is 2.23. The first-order valence-electron chi connectivity index (χ1n) is 6.40. The molecule has 0 aliphatic rings. The van der Waals surface area contributed by atoms with Crippen LogP contribution in [-0.2, 0) is 11.4 Å². The summed E-state index contributed by atoms with van der Waals surface area (Å²) >= 11 is 0. The second-order valence-electron chi connectivity index (χ2n) is 4.29. The number of hydrogen-bond donors (Lipinski definition) is 2.